The van der Waals surface area contributed by atoms with Crippen LogP contribution in [0.1, 0.15) is 51.5 Å². The second kappa shape index (κ2) is 6.10. The zero-order valence-electron chi connectivity index (χ0n) is 13.6. The minimum atomic E-state index is 0.293. The van der Waals surface area contributed by atoms with Crippen LogP contribution in [0.25, 0.3) is 0 Å². The van der Waals surface area contributed by atoms with Gasteiger partial charge in [0.15, 0.2) is 0 Å². The molecule has 21 heavy (non-hydrogen) atoms. The number of fused-ring (bicyclic) bond motifs is 1. The molecule has 0 bridgehead atoms. The van der Waals surface area contributed by atoms with Crippen LogP contribution in [0.4, 0.5) is 0 Å². The minimum Gasteiger partial charge on any atom is -0.377 e. The molecule has 0 radical (unpaired) electrons. The molecule has 3 rings (SSSR count). The van der Waals surface area contributed by atoms with Gasteiger partial charge in [-0.15, -0.1) is 0 Å². The van der Waals surface area contributed by atoms with Gasteiger partial charge in [0.25, 0.3) is 0 Å². The maximum Gasteiger partial charge on any atom is 0.0684 e. The summed E-state index contributed by atoms with van der Waals surface area (Å²) in [7, 11) is 0. The predicted octanol–water partition coefficient (Wildman–Crippen LogP) is 3.97. The lowest BCUT2D eigenvalue weighted by Gasteiger charge is -2.60. The Morgan fingerprint density at radius 1 is 1.29 bits per heavy atom. The third-order valence-corrected chi connectivity index (χ3v) is 5.64. The van der Waals surface area contributed by atoms with E-state index in [1.165, 1.54) is 24.8 Å². The largest absolute Gasteiger partial charge is 0.377 e. The van der Waals surface area contributed by atoms with Crippen LogP contribution in [-0.4, -0.2) is 25.3 Å². The number of hydrogen-bond acceptors (Lipinski definition) is 2. The molecule has 1 aliphatic heterocycles. The van der Waals surface area contributed by atoms with Gasteiger partial charge in [0.1, 0.15) is 0 Å². The third-order valence-electron chi connectivity index (χ3n) is 5.64. The fourth-order valence-corrected chi connectivity index (χ4v) is 4.34. The summed E-state index contributed by atoms with van der Waals surface area (Å²) in [5.41, 5.74) is 1.74. The van der Waals surface area contributed by atoms with Crippen LogP contribution >= 0.6 is 0 Å². The van der Waals surface area contributed by atoms with Gasteiger partial charge in [-0.25, -0.2) is 0 Å². The van der Waals surface area contributed by atoms with E-state index in [1.54, 1.807) is 0 Å². The van der Waals surface area contributed by atoms with Gasteiger partial charge >= 0.3 is 0 Å². The van der Waals surface area contributed by atoms with Crippen molar-refractivity contribution in [3.05, 3.63) is 35.9 Å². The normalized spacial score (nSPS) is 32.0. The van der Waals surface area contributed by atoms with E-state index in [2.05, 4.69) is 56.4 Å². The van der Waals surface area contributed by atoms with E-state index in [0.29, 0.717) is 23.5 Å². The maximum absolute atomic E-state index is 5.98. The molecule has 2 fully saturated rings. The van der Waals surface area contributed by atoms with Crippen molar-refractivity contribution in [2.24, 2.45) is 11.3 Å². The third kappa shape index (κ3) is 2.89. The van der Waals surface area contributed by atoms with Crippen LogP contribution in [0, 0.1) is 11.3 Å². The Bertz CT molecular complexity index is 456. The van der Waals surface area contributed by atoms with E-state index in [1.807, 2.05) is 0 Å². The van der Waals surface area contributed by atoms with Gasteiger partial charge in [-0.1, -0.05) is 51.1 Å². The standard InChI is InChI=1S/C19H29NO/c1-14(15-8-5-4-6-9-15)11-12-20-17-16-10-7-13-21-18(16)19(17,2)3/h4-6,8-9,14,16-18,20H,7,10-13H2,1-3H3. The van der Waals surface area contributed by atoms with E-state index >= 15 is 0 Å². The Labute approximate surface area is 129 Å². The fourth-order valence-electron chi connectivity index (χ4n) is 4.34. The lowest BCUT2D eigenvalue weighted by molar-refractivity contribution is -0.192. The fraction of sp³-hybridized carbons (Fsp3) is 0.684. The SMILES string of the molecule is CC(CCNC1C2CCCOC2C1(C)C)c1ccccc1. The van der Waals surface area contributed by atoms with Crippen molar-refractivity contribution in [1.29, 1.82) is 0 Å². The van der Waals surface area contributed by atoms with Crippen LogP contribution in [0.2, 0.25) is 0 Å². The summed E-state index contributed by atoms with van der Waals surface area (Å²) in [6.45, 7) is 9.11. The lowest BCUT2D eigenvalue weighted by Crippen LogP contribution is -2.69. The van der Waals surface area contributed by atoms with Gasteiger partial charge < -0.3 is 10.1 Å². The Balaban J connectivity index is 1.49. The summed E-state index contributed by atoms with van der Waals surface area (Å²) in [5.74, 6) is 1.36. The van der Waals surface area contributed by atoms with Crippen molar-refractivity contribution in [3.63, 3.8) is 0 Å². The summed E-state index contributed by atoms with van der Waals surface area (Å²) in [6.07, 6.45) is 4.25. The molecule has 116 valence electrons. The summed E-state index contributed by atoms with van der Waals surface area (Å²) in [4.78, 5) is 0. The van der Waals surface area contributed by atoms with Crippen molar-refractivity contribution in [1.82, 2.24) is 5.32 Å². The minimum absolute atomic E-state index is 0.293. The first-order chi connectivity index (χ1) is 10.1. The first kappa shape index (κ1) is 15.1. The van der Waals surface area contributed by atoms with Gasteiger partial charge in [0.2, 0.25) is 0 Å². The van der Waals surface area contributed by atoms with E-state index in [-0.39, 0.29) is 0 Å². The van der Waals surface area contributed by atoms with E-state index < -0.39 is 0 Å². The summed E-state index contributed by atoms with van der Waals surface area (Å²) in [5, 5.41) is 3.83. The highest BCUT2D eigenvalue weighted by Crippen LogP contribution is 2.51. The first-order valence-corrected chi connectivity index (χ1v) is 8.50. The summed E-state index contributed by atoms with van der Waals surface area (Å²) in [6, 6.07) is 11.5. The number of benzene rings is 1. The van der Waals surface area contributed by atoms with Crippen molar-refractivity contribution in [3.8, 4) is 0 Å². The molecule has 0 amide bonds. The quantitative estimate of drug-likeness (QED) is 0.884. The Kier molecular flexibility index (Phi) is 4.37. The Morgan fingerprint density at radius 2 is 2.05 bits per heavy atom. The van der Waals surface area contributed by atoms with Crippen LogP contribution in [0.5, 0.6) is 0 Å². The highest BCUT2D eigenvalue weighted by molar-refractivity contribution is 5.18. The van der Waals surface area contributed by atoms with Crippen LogP contribution in [-0.2, 0) is 4.74 Å². The van der Waals surface area contributed by atoms with Gasteiger partial charge in [0, 0.05) is 24.0 Å². The molecule has 2 heteroatoms. The summed E-state index contributed by atoms with van der Waals surface area (Å²) < 4.78 is 5.98. The van der Waals surface area contributed by atoms with Gasteiger partial charge in [-0.2, -0.15) is 0 Å². The van der Waals surface area contributed by atoms with Crippen LogP contribution < -0.4 is 5.32 Å². The summed E-state index contributed by atoms with van der Waals surface area (Å²) >= 11 is 0. The predicted molar refractivity (Wildman–Crippen MR) is 87.5 cm³/mol. The van der Waals surface area contributed by atoms with E-state index in [4.69, 9.17) is 4.74 Å². The van der Waals surface area contributed by atoms with E-state index in [0.717, 1.165) is 19.1 Å². The van der Waals surface area contributed by atoms with Crippen molar-refractivity contribution < 1.29 is 4.74 Å². The monoisotopic (exact) mass is 287 g/mol. The molecule has 2 nitrogen and oxygen atoms in total. The van der Waals surface area contributed by atoms with E-state index in [9.17, 15) is 0 Å². The molecular weight excluding hydrogens is 258 g/mol. The highest BCUT2D eigenvalue weighted by Gasteiger charge is 2.57. The molecule has 0 aromatic heterocycles. The number of hydrogen-bond donors (Lipinski definition) is 1. The Morgan fingerprint density at radius 3 is 2.81 bits per heavy atom. The number of nitrogens with one attached hydrogen (secondary N) is 1. The highest BCUT2D eigenvalue weighted by atomic mass is 16.5. The lowest BCUT2D eigenvalue weighted by atomic mass is 9.55. The van der Waals surface area contributed by atoms with Gasteiger partial charge in [-0.05, 0) is 37.3 Å². The zero-order chi connectivity index (χ0) is 14.9. The molecule has 4 unspecified atom stereocenters. The molecule has 1 aromatic carbocycles. The molecule has 2 aliphatic rings. The topological polar surface area (TPSA) is 21.3 Å². The number of rotatable bonds is 5. The molecule has 1 saturated heterocycles. The van der Waals surface area contributed by atoms with Crippen molar-refractivity contribution >= 4 is 0 Å². The van der Waals surface area contributed by atoms with Crippen LogP contribution in [0.15, 0.2) is 30.3 Å². The average Bonchev–Trinajstić information content (AvgIpc) is 2.52. The maximum atomic E-state index is 5.98. The molecule has 1 saturated carbocycles. The van der Waals surface area contributed by atoms with Gasteiger partial charge in [-0.3, -0.25) is 0 Å². The molecule has 4 atom stereocenters. The molecule has 1 N–H and O–H groups in total. The molecular formula is C19H29NO. The molecule has 1 aromatic rings. The second-order valence-electron chi connectivity index (χ2n) is 7.45. The molecule has 0 spiro atoms. The Hall–Kier alpha value is -0.860. The zero-order valence-corrected chi connectivity index (χ0v) is 13.6. The van der Waals surface area contributed by atoms with Crippen molar-refractivity contribution in [2.45, 2.75) is 58.1 Å². The smallest absolute Gasteiger partial charge is 0.0684 e. The first-order valence-electron chi connectivity index (χ1n) is 8.50. The van der Waals surface area contributed by atoms with Gasteiger partial charge in [0.05, 0.1) is 6.10 Å². The van der Waals surface area contributed by atoms with Crippen LogP contribution in [0.3, 0.4) is 0 Å². The second-order valence-corrected chi connectivity index (χ2v) is 7.45. The molecule has 1 aliphatic carbocycles. The number of ether oxygens (including phenoxy) is 1. The average molecular weight is 287 g/mol. The molecule has 1 heterocycles. The van der Waals surface area contributed by atoms with Crippen molar-refractivity contribution in [2.75, 3.05) is 13.2 Å².